The van der Waals surface area contributed by atoms with E-state index in [0.717, 1.165) is 17.4 Å². The molecule has 2 N–H and O–H groups in total. The molecule has 0 heterocycles. The summed E-state index contributed by atoms with van der Waals surface area (Å²) in [5.41, 5.74) is 2.04. The van der Waals surface area contributed by atoms with Crippen LogP contribution >= 0.6 is 0 Å². The van der Waals surface area contributed by atoms with Crippen molar-refractivity contribution in [2.24, 2.45) is 0 Å². The number of hydrogen-bond acceptors (Lipinski definition) is 3. The number of hydrogen-bond donors (Lipinski definition) is 2. The second kappa shape index (κ2) is 5.61. The first kappa shape index (κ1) is 13.9. The molecule has 0 fully saturated rings. The van der Waals surface area contributed by atoms with Gasteiger partial charge in [-0.25, -0.2) is 9.18 Å². The largest absolute Gasteiger partial charge is 0.478 e. The first-order chi connectivity index (χ1) is 9.47. The Hall–Kier alpha value is -2.56. The third kappa shape index (κ3) is 3.06. The Morgan fingerprint density at radius 3 is 2.35 bits per heavy atom. The van der Waals surface area contributed by atoms with Crippen molar-refractivity contribution < 1.29 is 14.3 Å². The van der Waals surface area contributed by atoms with E-state index in [1.54, 1.807) is 0 Å². The maximum absolute atomic E-state index is 13.1. The number of nitrogens with zero attached hydrogens (tertiary/aromatic N) is 1. The smallest absolute Gasteiger partial charge is 0.337 e. The molecule has 0 atom stereocenters. The lowest BCUT2D eigenvalue weighted by Crippen LogP contribution is -2.08. The molecule has 0 amide bonds. The Labute approximate surface area is 116 Å². The number of nitrogens with one attached hydrogen (secondary N) is 1. The lowest BCUT2D eigenvalue weighted by atomic mass is 10.1. The first-order valence-electron chi connectivity index (χ1n) is 6.04. The van der Waals surface area contributed by atoms with E-state index in [0.29, 0.717) is 5.69 Å². The molecule has 5 heteroatoms. The Balaban J connectivity index is 2.28. The van der Waals surface area contributed by atoms with Crippen LogP contribution in [0.5, 0.6) is 0 Å². The summed E-state index contributed by atoms with van der Waals surface area (Å²) in [6.07, 6.45) is 0. The quantitative estimate of drug-likeness (QED) is 0.898. The van der Waals surface area contributed by atoms with Gasteiger partial charge in [0, 0.05) is 25.5 Å². The van der Waals surface area contributed by atoms with E-state index in [2.05, 4.69) is 5.32 Å². The van der Waals surface area contributed by atoms with Crippen molar-refractivity contribution in [2.75, 3.05) is 24.3 Å². The minimum Gasteiger partial charge on any atom is -0.478 e. The monoisotopic (exact) mass is 274 g/mol. The lowest BCUT2D eigenvalue weighted by molar-refractivity contribution is 0.0697. The second-order valence-electron chi connectivity index (χ2n) is 4.56. The number of rotatable bonds is 4. The second-order valence-corrected chi connectivity index (χ2v) is 4.56. The van der Waals surface area contributed by atoms with Crippen LogP contribution in [0.25, 0.3) is 0 Å². The fourth-order valence-electron chi connectivity index (χ4n) is 1.80. The highest BCUT2D eigenvalue weighted by molar-refractivity contribution is 5.95. The van der Waals surface area contributed by atoms with Gasteiger partial charge in [-0.15, -0.1) is 0 Å². The molecule has 0 aliphatic rings. The highest BCUT2D eigenvalue weighted by Crippen LogP contribution is 2.23. The van der Waals surface area contributed by atoms with Crippen molar-refractivity contribution in [3.8, 4) is 0 Å². The standard InChI is InChI=1S/C15H15FN2O2/c1-18(2)12-6-4-11(5-7-12)17-14-8-3-10(16)9-13(14)15(19)20/h3-9,17H,1-2H3,(H,19,20). The molecule has 20 heavy (non-hydrogen) atoms. The molecule has 0 bridgehead atoms. The average Bonchev–Trinajstić information content (AvgIpc) is 2.41. The third-order valence-electron chi connectivity index (χ3n) is 2.87. The fourth-order valence-corrected chi connectivity index (χ4v) is 1.80. The zero-order valence-corrected chi connectivity index (χ0v) is 11.2. The van der Waals surface area contributed by atoms with Gasteiger partial charge in [-0.1, -0.05) is 0 Å². The molecule has 2 rings (SSSR count). The van der Waals surface area contributed by atoms with Crippen LogP contribution in [0.1, 0.15) is 10.4 Å². The predicted molar refractivity (Wildman–Crippen MR) is 77.4 cm³/mol. The van der Waals surface area contributed by atoms with Gasteiger partial charge in [-0.3, -0.25) is 0 Å². The van der Waals surface area contributed by atoms with Crippen LogP contribution in [0, 0.1) is 5.82 Å². The predicted octanol–water partition coefficient (Wildman–Crippen LogP) is 3.33. The van der Waals surface area contributed by atoms with Gasteiger partial charge in [0.15, 0.2) is 0 Å². The van der Waals surface area contributed by atoms with E-state index in [9.17, 15) is 9.18 Å². The molecule has 0 aliphatic carbocycles. The van der Waals surface area contributed by atoms with Crippen molar-refractivity contribution in [3.63, 3.8) is 0 Å². The minimum absolute atomic E-state index is 0.0957. The fraction of sp³-hybridized carbons (Fsp3) is 0.133. The SMILES string of the molecule is CN(C)c1ccc(Nc2ccc(F)cc2C(=O)O)cc1. The van der Waals surface area contributed by atoms with E-state index < -0.39 is 11.8 Å². The van der Waals surface area contributed by atoms with Crippen molar-refractivity contribution in [1.29, 1.82) is 0 Å². The summed E-state index contributed by atoms with van der Waals surface area (Å²) in [5.74, 6) is -1.74. The molecular weight excluding hydrogens is 259 g/mol. The number of benzene rings is 2. The van der Waals surface area contributed by atoms with Crippen molar-refractivity contribution in [1.82, 2.24) is 0 Å². The molecule has 0 aliphatic heterocycles. The van der Waals surface area contributed by atoms with Gasteiger partial charge in [0.05, 0.1) is 11.3 Å². The van der Waals surface area contributed by atoms with Crippen LogP contribution in [0.4, 0.5) is 21.5 Å². The summed E-state index contributed by atoms with van der Waals surface area (Å²) in [6.45, 7) is 0. The lowest BCUT2D eigenvalue weighted by Gasteiger charge is -2.14. The van der Waals surface area contributed by atoms with Crippen molar-refractivity contribution in [2.45, 2.75) is 0 Å². The van der Waals surface area contributed by atoms with Crippen LogP contribution in [0.15, 0.2) is 42.5 Å². The molecule has 4 nitrogen and oxygen atoms in total. The summed E-state index contributed by atoms with van der Waals surface area (Å²) < 4.78 is 13.1. The summed E-state index contributed by atoms with van der Waals surface area (Å²) in [6, 6.07) is 11.1. The van der Waals surface area contributed by atoms with Gasteiger partial charge in [0.25, 0.3) is 0 Å². The average molecular weight is 274 g/mol. The van der Waals surface area contributed by atoms with E-state index in [-0.39, 0.29) is 5.56 Å². The molecule has 2 aromatic carbocycles. The number of carboxylic acid groups (broad SMARTS) is 1. The van der Waals surface area contributed by atoms with Gasteiger partial charge in [-0.2, -0.15) is 0 Å². The summed E-state index contributed by atoms with van der Waals surface area (Å²) >= 11 is 0. The maximum Gasteiger partial charge on any atom is 0.337 e. The molecule has 0 unspecified atom stereocenters. The summed E-state index contributed by atoms with van der Waals surface area (Å²) in [4.78, 5) is 13.1. The number of aromatic carboxylic acids is 1. The van der Waals surface area contributed by atoms with E-state index in [1.807, 2.05) is 43.3 Å². The van der Waals surface area contributed by atoms with Crippen molar-refractivity contribution in [3.05, 3.63) is 53.8 Å². The third-order valence-corrected chi connectivity index (χ3v) is 2.87. The Bertz CT molecular complexity index is 624. The normalized spacial score (nSPS) is 10.2. The summed E-state index contributed by atoms with van der Waals surface area (Å²) in [5, 5.41) is 12.1. The van der Waals surface area contributed by atoms with Crippen LogP contribution < -0.4 is 10.2 Å². The molecule has 2 aromatic rings. The summed E-state index contributed by atoms with van der Waals surface area (Å²) in [7, 11) is 3.87. The van der Waals surface area contributed by atoms with Crippen molar-refractivity contribution >= 4 is 23.0 Å². The molecule has 0 saturated carbocycles. The van der Waals surface area contributed by atoms with Crippen LogP contribution in [-0.4, -0.2) is 25.2 Å². The number of carboxylic acids is 1. The number of anilines is 3. The highest BCUT2D eigenvalue weighted by Gasteiger charge is 2.11. The van der Waals surface area contributed by atoms with Gasteiger partial charge in [-0.05, 0) is 42.5 Å². The topological polar surface area (TPSA) is 52.6 Å². The zero-order chi connectivity index (χ0) is 14.7. The van der Waals surface area contributed by atoms with Gasteiger partial charge in [0.1, 0.15) is 5.82 Å². The molecule has 0 spiro atoms. The van der Waals surface area contributed by atoms with Gasteiger partial charge < -0.3 is 15.3 Å². The van der Waals surface area contributed by atoms with E-state index in [4.69, 9.17) is 5.11 Å². The highest BCUT2D eigenvalue weighted by atomic mass is 19.1. The van der Waals surface area contributed by atoms with Gasteiger partial charge >= 0.3 is 5.97 Å². The molecule has 0 radical (unpaired) electrons. The first-order valence-corrected chi connectivity index (χ1v) is 6.04. The maximum atomic E-state index is 13.1. The minimum atomic E-state index is -1.17. The van der Waals surface area contributed by atoms with Crippen LogP contribution in [-0.2, 0) is 0 Å². The number of carbonyl (C=O) groups is 1. The molecule has 0 saturated heterocycles. The van der Waals surface area contributed by atoms with Crippen LogP contribution in [0.2, 0.25) is 0 Å². The Morgan fingerprint density at radius 2 is 1.80 bits per heavy atom. The molecular formula is C15H15FN2O2. The zero-order valence-electron chi connectivity index (χ0n) is 11.2. The van der Waals surface area contributed by atoms with Gasteiger partial charge in [0.2, 0.25) is 0 Å². The Kier molecular flexibility index (Phi) is 3.89. The van der Waals surface area contributed by atoms with E-state index in [1.165, 1.54) is 12.1 Å². The molecule has 0 aromatic heterocycles. The van der Waals surface area contributed by atoms with E-state index >= 15 is 0 Å². The molecule has 104 valence electrons. The van der Waals surface area contributed by atoms with Crippen LogP contribution in [0.3, 0.4) is 0 Å². The Morgan fingerprint density at radius 1 is 1.15 bits per heavy atom. The number of halogens is 1.